The maximum absolute atomic E-state index is 12.9. The lowest BCUT2D eigenvalue weighted by Crippen LogP contribution is -2.29. The predicted molar refractivity (Wildman–Crippen MR) is 102 cm³/mol. The molecule has 0 spiro atoms. The first-order chi connectivity index (χ1) is 11.9. The molecule has 1 amide bonds. The molecule has 5 nitrogen and oxygen atoms in total. The Balaban J connectivity index is 2.31. The number of carbonyl (C=O) groups is 2. The van der Waals surface area contributed by atoms with Gasteiger partial charge in [0.25, 0.3) is 5.91 Å². The van der Waals surface area contributed by atoms with Gasteiger partial charge in [-0.15, -0.1) is 0 Å². The quantitative estimate of drug-likeness (QED) is 0.549. The second kappa shape index (κ2) is 8.07. The molecule has 0 heterocycles. The van der Waals surface area contributed by atoms with Gasteiger partial charge in [0, 0.05) is 11.5 Å². The molecule has 0 aromatic heterocycles. The third kappa shape index (κ3) is 4.14. The molecule has 25 heavy (non-hydrogen) atoms. The fourth-order valence-corrected chi connectivity index (χ4v) is 2.80. The van der Waals surface area contributed by atoms with Crippen LogP contribution in [0.5, 0.6) is 0 Å². The van der Waals surface area contributed by atoms with Crippen LogP contribution in [0, 0.1) is 0 Å². The van der Waals surface area contributed by atoms with Gasteiger partial charge >= 0.3 is 5.97 Å². The highest BCUT2D eigenvalue weighted by Gasteiger charge is 2.22. The van der Waals surface area contributed by atoms with Crippen LogP contribution in [-0.4, -0.2) is 37.7 Å². The molecule has 2 rings (SSSR count). The Morgan fingerprint density at radius 3 is 2.60 bits per heavy atom. The number of aliphatic imine (C=N–C) groups is 1. The Morgan fingerprint density at radius 2 is 1.96 bits per heavy atom. The highest BCUT2D eigenvalue weighted by Crippen LogP contribution is 2.28. The van der Waals surface area contributed by atoms with Crippen LogP contribution in [0.25, 0.3) is 0 Å². The van der Waals surface area contributed by atoms with Crippen molar-refractivity contribution in [2.24, 2.45) is 4.99 Å². The van der Waals surface area contributed by atoms with Crippen LogP contribution in [-0.2, 0) is 4.74 Å². The van der Waals surface area contributed by atoms with Crippen LogP contribution in [0.15, 0.2) is 51.9 Å². The number of amides is 1. The number of rotatable bonds is 5. The average Bonchev–Trinajstić information content (AvgIpc) is 2.65. The van der Waals surface area contributed by atoms with Gasteiger partial charge in [-0.05, 0) is 49.5 Å². The van der Waals surface area contributed by atoms with Gasteiger partial charge in [-0.3, -0.25) is 9.79 Å². The number of hydrogen-bond donors (Lipinski definition) is 0. The molecule has 0 bridgehead atoms. The fraction of sp³-hybridized carbons (Fsp3) is 0.211. The summed E-state index contributed by atoms with van der Waals surface area (Å²) in [5, 5.41) is 0. The molecule has 0 aliphatic heterocycles. The number of halogens is 1. The summed E-state index contributed by atoms with van der Waals surface area (Å²) in [6.45, 7) is 5.42. The van der Waals surface area contributed by atoms with Crippen molar-refractivity contribution in [1.29, 1.82) is 0 Å². The van der Waals surface area contributed by atoms with E-state index < -0.39 is 5.97 Å². The van der Waals surface area contributed by atoms with Gasteiger partial charge in [-0.1, -0.05) is 28.1 Å². The van der Waals surface area contributed by atoms with Crippen LogP contribution in [0.1, 0.15) is 39.2 Å². The van der Waals surface area contributed by atoms with Crippen LogP contribution in [0.3, 0.4) is 0 Å². The molecule has 130 valence electrons. The van der Waals surface area contributed by atoms with Crippen molar-refractivity contribution in [2.45, 2.75) is 13.0 Å². The van der Waals surface area contributed by atoms with E-state index in [4.69, 9.17) is 4.74 Å². The highest BCUT2D eigenvalue weighted by atomic mass is 79.9. The first-order valence-electron chi connectivity index (χ1n) is 7.60. The Bertz CT molecular complexity index is 820. The topological polar surface area (TPSA) is 59.0 Å². The zero-order valence-corrected chi connectivity index (χ0v) is 15.9. The monoisotopic (exact) mass is 402 g/mol. The Labute approximate surface area is 155 Å². The van der Waals surface area contributed by atoms with E-state index >= 15 is 0 Å². The van der Waals surface area contributed by atoms with Gasteiger partial charge < -0.3 is 9.64 Å². The third-order valence-electron chi connectivity index (χ3n) is 4.05. The van der Waals surface area contributed by atoms with Crippen molar-refractivity contribution in [3.05, 3.63) is 63.6 Å². The number of nitrogens with zero attached hydrogens (tertiary/aromatic N) is 2. The van der Waals surface area contributed by atoms with E-state index in [2.05, 4.69) is 27.6 Å². The van der Waals surface area contributed by atoms with Crippen molar-refractivity contribution in [1.82, 2.24) is 4.90 Å². The van der Waals surface area contributed by atoms with E-state index in [-0.39, 0.29) is 11.9 Å². The van der Waals surface area contributed by atoms with Crippen molar-refractivity contribution in [3.8, 4) is 0 Å². The minimum Gasteiger partial charge on any atom is -0.465 e. The normalized spacial score (nSPS) is 11.5. The van der Waals surface area contributed by atoms with E-state index in [0.717, 1.165) is 10.0 Å². The fourth-order valence-electron chi connectivity index (χ4n) is 2.45. The molecule has 0 aliphatic rings. The lowest BCUT2D eigenvalue weighted by molar-refractivity contribution is 0.0600. The van der Waals surface area contributed by atoms with Crippen LogP contribution in [0.4, 0.5) is 5.69 Å². The molecular weight excluding hydrogens is 384 g/mol. The molecule has 0 fully saturated rings. The number of methoxy groups -OCH3 is 1. The smallest absolute Gasteiger partial charge is 0.337 e. The lowest BCUT2D eigenvalue weighted by Gasteiger charge is -2.26. The molecular formula is C19H19BrN2O3. The summed E-state index contributed by atoms with van der Waals surface area (Å²) in [5.41, 5.74) is 2.27. The summed E-state index contributed by atoms with van der Waals surface area (Å²) in [7, 11) is 3.05. The van der Waals surface area contributed by atoms with Gasteiger partial charge in [0.05, 0.1) is 30.0 Å². The molecule has 0 saturated carbocycles. The summed E-state index contributed by atoms with van der Waals surface area (Å²) < 4.78 is 5.57. The average molecular weight is 403 g/mol. The van der Waals surface area contributed by atoms with E-state index in [1.807, 2.05) is 13.0 Å². The van der Waals surface area contributed by atoms with Crippen LogP contribution >= 0.6 is 15.9 Å². The SMILES string of the molecule is C=Nc1cc(Br)ccc1C(=O)N(C)C(C)c1cccc(C(=O)OC)c1. The summed E-state index contributed by atoms with van der Waals surface area (Å²) in [5.74, 6) is -0.583. The summed E-state index contributed by atoms with van der Waals surface area (Å²) in [6, 6.07) is 12.1. The zero-order chi connectivity index (χ0) is 18.6. The van der Waals surface area contributed by atoms with Gasteiger partial charge in [-0.2, -0.15) is 0 Å². The van der Waals surface area contributed by atoms with E-state index in [0.29, 0.717) is 16.8 Å². The lowest BCUT2D eigenvalue weighted by atomic mass is 10.0. The second-order valence-electron chi connectivity index (χ2n) is 5.53. The van der Waals surface area contributed by atoms with E-state index in [9.17, 15) is 9.59 Å². The molecule has 2 aromatic rings. The van der Waals surface area contributed by atoms with Crippen molar-refractivity contribution in [2.75, 3.05) is 14.2 Å². The number of carbonyl (C=O) groups excluding carboxylic acids is 2. The minimum absolute atomic E-state index is 0.175. The van der Waals surface area contributed by atoms with Gasteiger partial charge in [0.1, 0.15) is 0 Å². The number of hydrogen-bond acceptors (Lipinski definition) is 4. The van der Waals surface area contributed by atoms with Gasteiger partial charge in [0.2, 0.25) is 0 Å². The molecule has 0 aliphatic carbocycles. The van der Waals surface area contributed by atoms with E-state index in [1.54, 1.807) is 48.3 Å². The third-order valence-corrected chi connectivity index (χ3v) is 4.55. The first kappa shape index (κ1) is 18.9. The van der Waals surface area contributed by atoms with Gasteiger partial charge in [-0.25, -0.2) is 4.79 Å². The van der Waals surface area contributed by atoms with Crippen LogP contribution in [0.2, 0.25) is 0 Å². The summed E-state index contributed by atoms with van der Waals surface area (Å²) >= 11 is 3.36. The molecule has 1 unspecified atom stereocenters. The Kier molecular flexibility index (Phi) is 6.09. The van der Waals surface area contributed by atoms with Gasteiger partial charge in [0.15, 0.2) is 0 Å². The zero-order valence-electron chi connectivity index (χ0n) is 14.3. The molecule has 0 saturated heterocycles. The number of esters is 1. The number of ether oxygens (including phenoxy) is 1. The minimum atomic E-state index is -0.408. The summed E-state index contributed by atoms with van der Waals surface area (Å²) in [6.07, 6.45) is 0. The molecule has 0 N–H and O–H groups in total. The maximum atomic E-state index is 12.9. The van der Waals surface area contributed by atoms with E-state index in [1.165, 1.54) is 7.11 Å². The largest absolute Gasteiger partial charge is 0.465 e. The molecule has 2 aromatic carbocycles. The standard InChI is InChI=1S/C19H19BrN2O3/c1-12(13-6-5-7-14(10-13)19(24)25-4)22(3)18(23)16-9-8-15(20)11-17(16)21-2/h5-12H,2H2,1,3-4H3. The number of benzene rings is 2. The van der Waals surface area contributed by atoms with Crippen molar-refractivity contribution >= 4 is 40.2 Å². The Hall–Kier alpha value is -2.47. The van der Waals surface area contributed by atoms with Crippen molar-refractivity contribution < 1.29 is 14.3 Å². The second-order valence-corrected chi connectivity index (χ2v) is 6.44. The van der Waals surface area contributed by atoms with Crippen molar-refractivity contribution in [3.63, 3.8) is 0 Å². The van der Waals surface area contributed by atoms with Crippen LogP contribution < -0.4 is 0 Å². The maximum Gasteiger partial charge on any atom is 0.337 e. The highest BCUT2D eigenvalue weighted by molar-refractivity contribution is 9.10. The predicted octanol–water partition coefficient (Wildman–Crippen LogP) is 4.40. The first-order valence-corrected chi connectivity index (χ1v) is 8.40. The molecule has 6 heteroatoms. The molecule has 0 radical (unpaired) electrons. The Morgan fingerprint density at radius 1 is 1.24 bits per heavy atom. The molecule has 1 atom stereocenters. The summed E-state index contributed by atoms with van der Waals surface area (Å²) in [4.78, 5) is 30.1.